The summed E-state index contributed by atoms with van der Waals surface area (Å²) in [6, 6.07) is 6.30. The molecule has 2 rings (SSSR count). The number of hydrogen-bond donors (Lipinski definition) is 0. The van der Waals surface area contributed by atoms with Crippen LogP contribution in [0.25, 0.3) is 0 Å². The highest BCUT2D eigenvalue weighted by Gasteiger charge is 2.40. The lowest BCUT2D eigenvalue weighted by molar-refractivity contribution is 0.0524. The average molecular weight is 233 g/mol. The van der Waals surface area contributed by atoms with Crippen LogP contribution in [0.2, 0.25) is 0 Å². The molecule has 0 radical (unpaired) electrons. The second-order valence-corrected chi connectivity index (χ2v) is 3.92. The Morgan fingerprint density at radius 3 is 2.00 bits per heavy atom. The highest BCUT2D eigenvalue weighted by atomic mass is 16.6. The SMILES string of the molecule is CC(C)OC(=O)N1C(=O)c2ccccc2C1=O. The van der Waals surface area contributed by atoms with Gasteiger partial charge in [-0.05, 0) is 26.0 Å². The van der Waals surface area contributed by atoms with Gasteiger partial charge in [-0.3, -0.25) is 9.59 Å². The summed E-state index contributed by atoms with van der Waals surface area (Å²) < 4.78 is 4.85. The molecule has 0 saturated heterocycles. The molecule has 0 fully saturated rings. The molecule has 1 aromatic rings. The molecule has 0 atom stereocenters. The molecule has 1 aliphatic heterocycles. The third-order valence-electron chi connectivity index (χ3n) is 2.31. The van der Waals surface area contributed by atoms with Gasteiger partial charge >= 0.3 is 6.09 Å². The molecule has 0 bridgehead atoms. The lowest BCUT2D eigenvalue weighted by Crippen LogP contribution is -2.37. The normalized spacial score (nSPS) is 14.2. The molecule has 1 aliphatic rings. The van der Waals surface area contributed by atoms with Crippen LogP contribution in [0.1, 0.15) is 34.6 Å². The number of carbonyl (C=O) groups excluding carboxylic acids is 3. The van der Waals surface area contributed by atoms with E-state index in [1.54, 1.807) is 26.0 Å². The van der Waals surface area contributed by atoms with Crippen LogP contribution in [0, 0.1) is 0 Å². The van der Waals surface area contributed by atoms with E-state index in [-0.39, 0.29) is 17.2 Å². The number of rotatable bonds is 1. The predicted molar refractivity (Wildman–Crippen MR) is 58.6 cm³/mol. The van der Waals surface area contributed by atoms with Crippen molar-refractivity contribution >= 4 is 17.9 Å². The van der Waals surface area contributed by atoms with Crippen molar-refractivity contribution < 1.29 is 19.1 Å². The molecule has 5 heteroatoms. The second-order valence-electron chi connectivity index (χ2n) is 3.92. The minimum Gasteiger partial charge on any atom is -0.446 e. The van der Waals surface area contributed by atoms with Gasteiger partial charge in [-0.1, -0.05) is 12.1 Å². The Kier molecular flexibility index (Phi) is 2.67. The summed E-state index contributed by atoms with van der Waals surface area (Å²) in [6.45, 7) is 3.30. The minimum atomic E-state index is -0.925. The maximum Gasteiger partial charge on any atom is 0.424 e. The van der Waals surface area contributed by atoms with Gasteiger partial charge in [-0.2, -0.15) is 4.90 Å². The van der Waals surface area contributed by atoms with E-state index < -0.39 is 17.9 Å². The summed E-state index contributed by atoms with van der Waals surface area (Å²) in [5, 5.41) is 0. The zero-order valence-corrected chi connectivity index (χ0v) is 9.47. The summed E-state index contributed by atoms with van der Waals surface area (Å²) in [6.07, 6.45) is -1.31. The molecule has 3 amide bonds. The van der Waals surface area contributed by atoms with E-state index in [1.165, 1.54) is 12.1 Å². The Balaban J connectivity index is 2.33. The van der Waals surface area contributed by atoms with Crippen molar-refractivity contribution in [2.24, 2.45) is 0 Å². The monoisotopic (exact) mass is 233 g/mol. The molecule has 0 saturated carbocycles. The Morgan fingerprint density at radius 1 is 1.12 bits per heavy atom. The van der Waals surface area contributed by atoms with E-state index in [0.717, 1.165) is 0 Å². The molecular formula is C12H11NO4. The fourth-order valence-electron chi connectivity index (χ4n) is 1.61. The predicted octanol–water partition coefficient (Wildman–Crippen LogP) is 1.83. The van der Waals surface area contributed by atoms with Gasteiger partial charge in [-0.25, -0.2) is 4.79 Å². The minimum absolute atomic E-state index is 0.234. The fraction of sp³-hybridized carbons (Fsp3) is 0.250. The van der Waals surface area contributed by atoms with E-state index in [4.69, 9.17) is 4.74 Å². The van der Waals surface area contributed by atoms with Gasteiger partial charge in [0.25, 0.3) is 11.8 Å². The molecule has 17 heavy (non-hydrogen) atoms. The Morgan fingerprint density at radius 2 is 1.59 bits per heavy atom. The number of benzene rings is 1. The van der Waals surface area contributed by atoms with Crippen LogP contribution < -0.4 is 0 Å². The van der Waals surface area contributed by atoms with Gasteiger partial charge < -0.3 is 4.74 Å². The van der Waals surface area contributed by atoms with Crippen molar-refractivity contribution in [3.63, 3.8) is 0 Å². The maximum absolute atomic E-state index is 11.8. The van der Waals surface area contributed by atoms with Crippen LogP contribution in [-0.4, -0.2) is 28.9 Å². The summed E-state index contributed by atoms with van der Waals surface area (Å²) in [5.41, 5.74) is 0.469. The summed E-state index contributed by atoms with van der Waals surface area (Å²) in [5.74, 6) is -1.26. The third-order valence-corrected chi connectivity index (χ3v) is 2.31. The molecule has 0 aliphatic carbocycles. The van der Waals surface area contributed by atoms with Gasteiger partial charge in [0, 0.05) is 0 Å². The van der Waals surface area contributed by atoms with Gasteiger partial charge in [-0.15, -0.1) is 0 Å². The maximum atomic E-state index is 11.8. The number of nitrogens with zero attached hydrogens (tertiary/aromatic N) is 1. The third kappa shape index (κ3) is 1.80. The van der Waals surface area contributed by atoms with Gasteiger partial charge in [0.2, 0.25) is 0 Å². The summed E-state index contributed by atoms with van der Waals surface area (Å²) >= 11 is 0. The van der Waals surface area contributed by atoms with Gasteiger partial charge in [0.1, 0.15) is 0 Å². The Bertz CT molecular complexity index is 472. The molecule has 1 heterocycles. The first kappa shape index (κ1) is 11.3. The molecule has 0 unspecified atom stereocenters. The quantitative estimate of drug-likeness (QED) is 0.694. The topological polar surface area (TPSA) is 63.7 Å². The second kappa shape index (κ2) is 4.01. The van der Waals surface area contributed by atoms with Crippen LogP contribution in [0.5, 0.6) is 0 Å². The number of amides is 3. The zero-order chi connectivity index (χ0) is 12.6. The van der Waals surface area contributed by atoms with Crippen molar-refractivity contribution in [2.75, 3.05) is 0 Å². The highest BCUT2D eigenvalue weighted by Crippen LogP contribution is 2.23. The number of carbonyl (C=O) groups is 3. The smallest absolute Gasteiger partial charge is 0.424 e. The summed E-state index contributed by atoms with van der Waals surface area (Å²) in [4.78, 5) is 35.8. The fourth-order valence-corrected chi connectivity index (χ4v) is 1.61. The van der Waals surface area contributed by atoms with Crippen LogP contribution >= 0.6 is 0 Å². The van der Waals surface area contributed by atoms with Crippen LogP contribution in [0.3, 0.4) is 0 Å². The molecular weight excluding hydrogens is 222 g/mol. The van der Waals surface area contributed by atoms with Crippen molar-refractivity contribution in [1.29, 1.82) is 0 Å². The first-order valence-electron chi connectivity index (χ1n) is 5.21. The van der Waals surface area contributed by atoms with Crippen LogP contribution in [-0.2, 0) is 4.74 Å². The number of ether oxygens (including phenoxy) is 1. The van der Waals surface area contributed by atoms with Gasteiger partial charge in [0.15, 0.2) is 0 Å². The van der Waals surface area contributed by atoms with E-state index in [2.05, 4.69) is 0 Å². The van der Waals surface area contributed by atoms with Gasteiger partial charge in [0.05, 0.1) is 17.2 Å². The molecule has 5 nitrogen and oxygen atoms in total. The molecule has 0 aromatic heterocycles. The number of hydrogen-bond acceptors (Lipinski definition) is 4. The molecule has 0 N–H and O–H groups in total. The van der Waals surface area contributed by atoms with Crippen LogP contribution in [0.15, 0.2) is 24.3 Å². The Labute approximate surface area is 98.0 Å². The largest absolute Gasteiger partial charge is 0.446 e. The zero-order valence-electron chi connectivity index (χ0n) is 9.47. The number of imide groups is 3. The van der Waals surface area contributed by atoms with E-state index >= 15 is 0 Å². The lowest BCUT2D eigenvalue weighted by atomic mass is 10.1. The van der Waals surface area contributed by atoms with Crippen molar-refractivity contribution in [1.82, 2.24) is 4.90 Å². The average Bonchev–Trinajstić information content (AvgIpc) is 2.51. The van der Waals surface area contributed by atoms with Crippen molar-refractivity contribution in [3.05, 3.63) is 35.4 Å². The first-order valence-corrected chi connectivity index (χ1v) is 5.21. The van der Waals surface area contributed by atoms with Crippen molar-refractivity contribution in [3.8, 4) is 0 Å². The van der Waals surface area contributed by atoms with Crippen LogP contribution in [0.4, 0.5) is 4.79 Å². The van der Waals surface area contributed by atoms with E-state index in [0.29, 0.717) is 4.90 Å². The lowest BCUT2D eigenvalue weighted by Gasteiger charge is -2.14. The first-order chi connectivity index (χ1) is 8.02. The Hall–Kier alpha value is -2.17. The standard InChI is InChI=1S/C12H11NO4/c1-7(2)17-12(16)13-10(14)8-5-3-4-6-9(8)11(13)15/h3-7H,1-2H3. The van der Waals surface area contributed by atoms with E-state index in [9.17, 15) is 14.4 Å². The molecule has 0 spiro atoms. The molecule has 1 aromatic carbocycles. The van der Waals surface area contributed by atoms with Crippen molar-refractivity contribution in [2.45, 2.75) is 20.0 Å². The number of fused-ring (bicyclic) bond motifs is 1. The molecule has 88 valence electrons. The highest BCUT2D eigenvalue weighted by molar-refractivity contribution is 6.28. The summed E-state index contributed by atoms with van der Waals surface area (Å²) in [7, 11) is 0. The van der Waals surface area contributed by atoms with E-state index in [1.807, 2.05) is 0 Å².